The Hall–Kier alpha value is -0.160. The van der Waals surface area contributed by atoms with Crippen molar-refractivity contribution in [3.63, 3.8) is 0 Å². The van der Waals surface area contributed by atoms with Gasteiger partial charge in [-0.15, -0.1) is 0 Å². The van der Waals surface area contributed by atoms with Crippen LogP contribution in [0.2, 0.25) is 0 Å². The molecule has 1 heterocycles. The standard InChI is InChI=1S/C12H26N2O2/c1-4-15-12(16-5-2)6-7-14-10-8-13(3)9-11-14/h12H,4-11H2,1-3H3. The lowest BCUT2D eigenvalue weighted by atomic mass is 10.3. The third-order valence-corrected chi connectivity index (χ3v) is 2.98. The molecule has 0 radical (unpaired) electrons. The quantitative estimate of drug-likeness (QED) is 0.610. The van der Waals surface area contributed by atoms with E-state index in [9.17, 15) is 0 Å². The lowest BCUT2D eigenvalue weighted by Gasteiger charge is -2.33. The van der Waals surface area contributed by atoms with Crippen LogP contribution in [0, 0.1) is 0 Å². The van der Waals surface area contributed by atoms with Gasteiger partial charge in [-0.05, 0) is 20.9 Å². The van der Waals surface area contributed by atoms with E-state index in [2.05, 4.69) is 16.8 Å². The van der Waals surface area contributed by atoms with Gasteiger partial charge in [-0.25, -0.2) is 0 Å². The van der Waals surface area contributed by atoms with Crippen molar-refractivity contribution in [2.24, 2.45) is 0 Å². The van der Waals surface area contributed by atoms with E-state index < -0.39 is 0 Å². The van der Waals surface area contributed by atoms with Crippen molar-refractivity contribution in [3.8, 4) is 0 Å². The van der Waals surface area contributed by atoms with Crippen molar-refractivity contribution >= 4 is 0 Å². The minimum absolute atomic E-state index is 0.0188. The molecule has 0 amide bonds. The third kappa shape index (κ3) is 5.25. The van der Waals surface area contributed by atoms with Gasteiger partial charge in [0.15, 0.2) is 6.29 Å². The summed E-state index contributed by atoms with van der Waals surface area (Å²) >= 11 is 0. The zero-order chi connectivity index (χ0) is 11.8. The minimum atomic E-state index is -0.0188. The van der Waals surface area contributed by atoms with E-state index in [1.165, 1.54) is 26.2 Å². The van der Waals surface area contributed by atoms with Gasteiger partial charge in [0, 0.05) is 52.4 Å². The number of rotatable bonds is 7. The smallest absolute Gasteiger partial charge is 0.158 e. The summed E-state index contributed by atoms with van der Waals surface area (Å²) in [5.74, 6) is 0. The van der Waals surface area contributed by atoms with Gasteiger partial charge in [-0.3, -0.25) is 0 Å². The largest absolute Gasteiger partial charge is 0.353 e. The highest BCUT2D eigenvalue weighted by molar-refractivity contribution is 4.69. The first-order valence-electron chi connectivity index (χ1n) is 6.40. The zero-order valence-electron chi connectivity index (χ0n) is 10.9. The van der Waals surface area contributed by atoms with Crippen molar-refractivity contribution in [1.29, 1.82) is 0 Å². The van der Waals surface area contributed by atoms with Crippen molar-refractivity contribution < 1.29 is 9.47 Å². The van der Waals surface area contributed by atoms with Crippen LogP contribution in [0.1, 0.15) is 20.3 Å². The molecular formula is C12H26N2O2. The summed E-state index contributed by atoms with van der Waals surface area (Å²) in [6.07, 6.45) is 0.959. The Kier molecular flexibility index (Phi) is 6.96. The molecule has 16 heavy (non-hydrogen) atoms. The average molecular weight is 230 g/mol. The van der Waals surface area contributed by atoms with Crippen molar-refractivity contribution in [3.05, 3.63) is 0 Å². The van der Waals surface area contributed by atoms with Gasteiger partial charge in [0.1, 0.15) is 0 Å². The Morgan fingerprint density at radius 3 is 2.06 bits per heavy atom. The SMILES string of the molecule is CCOC(CCN1CCN(C)CC1)OCC. The van der Waals surface area contributed by atoms with Crippen molar-refractivity contribution in [2.45, 2.75) is 26.6 Å². The molecule has 0 N–H and O–H groups in total. The molecular weight excluding hydrogens is 204 g/mol. The first-order chi connectivity index (χ1) is 7.76. The Labute approximate surface area is 99.5 Å². The molecule has 0 aliphatic carbocycles. The summed E-state index contributed by atoms with van der Waals surface area (Å²) in [7, 11) is 2.18. The van der Waals surface area contributed by atoms with Crippen LogP contribution in [-0.2, 0) is 9.47 Å². The molecule has 0 spiro atoms. The van der Waals surface area contributed by atoms with E-state index in [-0.39, 0.29) is 6.29 Å². The van der Waals surface area contributed by atoms with Gasteiger partial charge in [-0.2, -0.15) is 0 Å². The molecule has 0 atom stereocenters. The topological polar surface area (TPSA) is 24.9 Å². The maximum atomic E-state index is 5.54. The van der Waals surface area contributed by atoms with Gasteiger partial charge < -0.3 is 19.3 Å². The molecule has 1 rings (SSSR count). The molecule has 0 aromatic rings. The highest BCUT2D eigenvalue weighted by Crippen LogP contribution is 2.05. The van der Waals surface area contributed by atoms with Crippen molar-refractivity contribution in [2.75, 3.05) is 53.0 Å². The molecule has 1 fully saturated rings. The van der Waals surface area contributed by atoms with Crippen LogP contribution in [-0.4, -0.2) is 69.1 Å². The summed E-state index contributed by atoms with van der Waals surface area (Å²) in [5.41, 5.74) is 0. The van der Waals surface area contributed by atoms with E-state index in [1.54, 1.807) is 0 Å². The van der Waals surface area contributed by atoms with E-state index in [1.807, 2.05) is 13.8 Å². The number of nitrogens with zero attached hydrogens (tertiary/aromatic N) is 2. The van der Waals surface area contributed by atoms with Gasteiger partial charge in [-0.1, -0.05) is 0 Å². The number of likely N-dealkylation sites (N-methyl/N-ethyl adjacent to an activating group) is 1. The summed E-state index contributed by atoms with van der Waals surface area (Å²) in [4.78, 5) is 4.87. The normalized spacial score (nSPS) is 19.5. The second kappa shape index (κ2) is 8.01. The van der Waals surface area contributed by atoms with Crippen LogP contribution in [0.25, 0.3) is 0 Å². The lowest BCUT2D eigenvalue weighted by Crippen LogP contribution is -2.45. The summed E-state index contributed by atoms with van der Waals surface area (Å²) < 4.78 is 11.1. The van der Waals surface area contributed by atoms with E-state index >= 15 is 0 Å². The third-order valence-electron chi connectivity index (χ3n) is 2.98. The lowest BCUT2D eigenvalue weighted by molar-refractivity contribution is -0.142. The Morgan fingerprint density at radius 2 is 1.56 bits per heavy atom. The fourth-order valence-electron chi connectivity index (χ4n) is 1.95. The first-order valence-corrected chi connectivity index (χ1v) is 6.40. The predicted octanol–water partition coefficient (Wildman–Crippen LogP) is 1.02. The number of ether oxygens (including phenoxy) is 2. The highest BCUT2D eigenvalue weighted by atomic mass is 16.7. The predicted molar refractivity (Wildman–Crippen MR) is 65.6 cm³/mol. The summed E-state index contributed by atoms with van der Waals surface area (Å²) in [6.45, 7) is 11.3. The average Bonchev–Trinajstić information content (AvgIpc) is 2.29. The molecule has 4 nitrogen and oxygen atoms in total. The molecule has 0 aromatic heterocycles. The molecule has 1 aliphatic rings. The maximum Gasteiger partial charge on any atom is 0.158 e. The fourth-order valence-corrected chi connectivity index (χ4v) is 1.95. The van der Waals surface area contributed by atoms with Gasteiger partial charge in [0.2, 0.25) is 0 Å². The van der Waals surface area contributed by atoms with E-state index in [0.717, 1.165) is 26.2 Å². The fraction of sp³-hybridized carbons (Fsp3) is 1.00. The van der Waals surface area contributed by atoms with Crippen LogP contribution in [0.5, 0.6) is 0 Å². The second-order valence-corrected chi connectivity index (χ2v) is 4.27. The van der Waals surface area contributed by atoms with Crippen LogP contribution >= 0.6 is 0 Å². The molecule has 0 aromatic carbocycles. The van der Waals surface area contributed by atoms with Gasteiger partial charge in [0.05, 0.1) is 0 Å². The zero-order valence-corrected chi connectivity index (χ0v) is 10.9. The minimum Gasteiger partial charge on any atom is -0.353 e. The summed E-state index contributed by atoms with van der Waals surface area (Å²) in [6, 6.07) is 0. The molecule has 0 unspecified atom stereocenters. The Morgan fingerprint density at radius 1 is 1.00 bits per heavy atom. The van der Waals surface area contributed by atoms with Crippen LogP contribution in [0.3, 0.4) is 0 Å². The number of piperazine rings is 1. The maximum absolute atomic E-state index is 5.54. The molecule has 4 heteroatoms. The van der Waals surface area contributed by atoms with Crippen molar-refractivity contribution in [1.82, 2.24) is 9.80 Å². The molecule has 0 saturated carbocycles. The van der Waals surface area contributed by atoms with E-state index in [0.29, 0.717) is 0 Å². The second-order valence-electron chi connectivity index (χ2n) is 4.27. The van der Waals surface area contributed by atoms with Crippen LogP contribution in [0.4, 0.5) is 0 Å². The van der Waals surface area contributed by atoms with Gasteiger partial charge in [0.25, 0.3) is 0 Å². The molecule has 1 aliphatic heterocycles. The van der Waals surface area contributed by atoms with E-state index in [4.69, 9.17) is 9.47 Å². The van der Waals surface area contributed by atoms with Gasteiger partial charge >= 0.3 is 0 Å². The number of hydrogen-bond acceptors (Lipinski definition) is 4. The number of hydrogen-bond donors (Lipinski definition) is 0. The Balaban J connectivity index is 2.15. The first kappa shape index (κ1) is 13.9. The molecule has 1 saturated heterocycles. The molecule has 0 bridgehead atoms. The van der Waals surface area contributed by atoms with Crippen LogP contribution in [0.15, 0.2) is 0 Å². The molecule has 96 valence electrons. The Bertz CT molecular complexity index is 164. The van der Waals surface area contributed by atoms with Crippen LogP contribution < -0.4 is 0 Å². The monoisotopic (exact) mass is 230 g/mol. The summed E-state index contributed by atoms with van der Waals surface area (Å²) in [5, 5.41) is 0. The highest BCUT2D eigenvalue weighted by Gasteiger charge is 2.15.